The van der Waals surface area contributed by atoms with Crippen molar-refractivity contribution in [1.82, 2.24) is 4.98 Å². The van der Waals surface area contributed by atoms with Crippen molar-refractivity contribution in [3.8, 4) is 0 Å². The highest BCUT2D eigenvalue weighted by molar-refractivity contribution is 5.79. The number of nitrogens with zero attached hydrogens (tertiary/aromatic N) is 1. The molecule has 3 unspecified atom stereocenters. The Labute approximate surface area is 167 Å². The minimum Gasteiger partial charge on any atom is -0.458 e. The van der Waals surface area contributed by atoms with Crippen LogP contribution in [-0.4, -0.2) is 34.5 Å². The van der Waals surface area contributed by atoms with Crippen LogP contribution in [0.1, 0.15) is 76.8 Å². The highest BCUT2D eigenvalue weighted by atomic mass is 16.6. The van der Waals surface area contributed by atoms with Crippen molar-refractivity contribution in [2.45, 2.75) is 88.9 Å². The Bertz CT molecular complexity index is 687. The first kappa shape index (κ1) is 20.7. The molecule has 5 nitrogen and oxygen atoms in total. The number of carbonyl (C=O) groups excluding carboxylic acids is 2. The third-order valence-corrected chi connectivity index (χ3v) is 5.60. The van der Waals surface area contributed by atoms with E-state index >= 15 is 0 Å². The molecule has 2 aliphatic rings. The Morgan fingerprint density at radius 1 is 1.07 bits per heavy atom. The Morgan fingerprint density at radius 3 is 2.71 bits per heavy atom. The fraction of sp³-hybridized carbons (Fsp3) is 0.609. The first-order chi connectivity index (χ1) is 13.5. The van der Waals surface area contributed by atoms with E-state index in [0.717, 1.165) is 37.8 Å². The lowest BCUT2D eigenvalue weighted by Gasteiger charge is -2.17. The minimum absolute atomic E-state index is 0.228. The zero-order chi connectivity index (χ0) is 19.8. The van der Waals surface area contributed by atoms with Crippen LogP contribution in [0.25, 0.3) is 6.08 Å². The lowest BCUT2D eigenvalue weighted by Crippen LogP contribution is -2.24. The summed E-state index contributed by atoms with van der Waals surface area (Å²) in [7, 11) is 0. The molecule has 0 amide bonds. The third-order valence-electron chi connectivity index (χ3n) is 5.60. The van der Waals surface area contributed by atoms with Crippen LogP contribution in [-0.2, 0) is 19.1 Å². The number of ketones is 1. The molecule has 0 spiro atoms. The fourth-order valence-electron chi connectivity index (χ4n) is 3.85. The third kappa shape index (κ3) is 6.55. The molecule has 2 aliphatic heterocycles. The molecule has 152 valence electrons. The number of fused-ring (bicyclic) bond motifs is 1. The van der Waals surface area contributed by atoms with Gasteiger partial charge in [-0.2, -0.15) is 0 Å². The zero-order valence-corrected chi connectivity index (χ0v) is 16.8. The van der Waals surface area contributed by atoms with E-state index in [1.807, 2.05) is 30.4 Å². The Kier molecular flexibility index (Phi) is 7.37. The molecule has 3 atom stereocenters. The van der Waals surface area contributed by atoms with Crippen molar-refractivity contribution in [3.05, 3.63) is 36.2 Å². The summed E-state index contributed by atoms with van der Waals surface area (Å²) < 4.78 is 11.7. The van der Waals surface area contributed by atoms with Gasteiger partial charge in [0.05, 0.1) is 17.4 Å². The quantitative estimate of drug-likeness (QED) is 0.548. The molecule has 3 heterocycles. The predicted molar refractivity (Wildman–Crippen MR) is 108 cm³/mol. The van der Waals surface area contributed by atoms with Crippen LogP contribution >= 0.6 is 0 Å². The van der Waals surface area contributed by atoms with E-state index in [1.165, 1.54) is 0 Å². The van der Waals surface area contributed by atoms with Crippen LogP contribution in [0.4, 0.5) is 0 Å². The second-order valence-electron chi connectivity index (χ2n) is 8.11. The van der Waals surface area contributed by atoms with Crippen LogP contribution in [0.15, 0.2) is 30.5 Å². The van der Waals surface area contributed by atoms with E-state index < -0.39 is 0 Å². The molecule has 0 bridgehead atoms. The first-order valence-corrected chi connectivity index (χ1v) is 10.5. The van der Waals surface area contributed by atoms with Crippen molar-refractivity contribution in [1.29, 1.82) is 0 Å². The molecule has 0 N–H and O–H groups in total. The molecular weight excluding hydrogens is 354 g/mol. The average molecular weight is 386 g/mol. The van der Waals surface area contributed by atoms with Gasteiger partial charge in [0.15, 0.2) is 0 Å². The summed E-state index contributed by atoms with van der Waals surface area (Å²) in [6, 6.07) is 5.71. The normalized spacial score (nSPS) is 30.6. The van der Waals surface area contributed by atoms with Gasteiger partial charge in [0.1, 0.15) is 11.9 Å². The van der Waals surface area contributed by atoms with E-state index in [0.29, 0.717) is 25.7 Å². The van der Waals surface area contributed by atoms with Gasteiger partial charge in [-0.05, 0) is 50.5 Å². The topological polar surface area (TPSA) is 68.8 Å². The molecule has 2 saturated heterocycles. The van der Waals surface area contributed by atoms with Crippen molar-refractivity contribution in [2.75, 3.05) is 0 Å². The summed E-state index contributed by atoms with van der Waals surface area (Å²) in [6.07, 6.45) is 13.3. The van der Waals surface area contributed by atoms with Crippen LogP contribution in [0, 0.1) is 0 Å². The summed E-state index contributed by atoms with van der Waals surface area (Å²) in [5, 5.41) is 0. The highest BCUT2D eigenvalue weighted by Gasteiger charge is 2.52. The molecule has 0 aliphatic carbocycles. The van der Waals surface area contributed by atoms with Crippen LogP contribution < -0.4 is 0 Å². The molecule has 0 aromatic carbocycles. The molecule has 28 heavy (non-hydrogen) atoms. The largest absolute Gasteiger partial charge is 0.458 e. The molecule has 1 aromatic rings. The SMILES string of the molecule is CC12CC(C=Cc3ccccn3)OC(=O)CCCC(=O)CCCCCCC1O2. The van der Waals surface area contributed by atoms with Crippen LogP contribution in [0.2, 0.25) is 0 Å². The second-order valence-corrected chi connectivity index (χ2v) is 8.11. The van der Waals surface area contributed by atoms with Crippen molar-refractivity contribution < 1.29 is 19.1 Å². The van der Waals surface area contributed by atoms with E-state index in [-0.39, 0.29) is 36.0 Å². The summed E-state index contributed by atoms with van der Waals surface area (Å²) >= 11 is 0. The standard InChI is InChI=1S/C23H31NO4/c1-23-17-20(15-14-18-9-6-7-16-24-18)27-22(26)13-8-11-19(25)10-4-2-3-5-12-21(23)28-23/h6-7,9,14-16,20-21H,2-5,8,10-13,17H2,1H3. The van der Waals surface area contributed by atoms with Gasteiger partial charge in [0.2, 0.25) is 0 Å². The maximum absolute atomic E-state index is 12.3. The number of carbonyl (C=O) groups is 2. The number of cyclic esters (lactones) is 1. The highest BCUT2D eigenvalue weighted by Crippen LogP contribution is 2.44. The van der Waals surface area contributed by atoms with Crippen LogP contribution in [0.5, 0.6) is 0 Å². The van der Waals surface area contributed by atoms with Crippen molar-refractivity contribution >= 4 is 17.8 Å². The minimum atomic E-state index is -0.354. The molecule has 1 aromatic heterocycles. The van der Waals surface area contributed by atoms with E-state index in [1.54, 1.807) is 6.20 Å². The Morgan fingerprint density at radius 2 is 1.89 bits per heavy atom. The van der Waals surface area contributed by atoms with Crippen molar-refractivity contribution in [3.63, 3.8) is 0 Å². The number of pyridine rings is 1. The smallest absolute Gasteiger partial charge is 0.306 e. The van der Waals surface area contributed by atoms with Gasteiger partial charge in [-0.25, -0.2) is 0 Å². The molecule has 3 rings (SSSR count). The first-order valence-electron chi connectivity index (χ1n) is 10.5. The Hall–Kier alpha value is -2.01. The van der Waals surface area contributed by atoms with E-state index in [4.69, 9.17) is 9.47 Å². The number of esters is 1. The van der Waals surface area contributed by atoms with E-state index in [9.17, 15) is 9.59 Å². The predicted octanol–water partition coefficient (Wildman–Crippen LogP) is 4.65. The monoisotopic (exact) mass is 385 g/mol. The lowest BCUT2D eigenvalue weighted by molar-refractivity contribution is -0.147. The number of aromatic nitrogens is 1. The summed E-state index contributed by atoms with van der Waals surface area (Å²) in [5.41, 5.74) is 0.599. The van der Waals surface area contributed by atoms with Gasteiger partial charge in [-0.3, -0.25) is 14.6 Å². The number of Topliss-reactive ketones (excluding diaryl/α,β-unsaturated/α-hetero) is 1. The van der Waals surface area contributed by atoms with Gasteiger partial charge in [0, 0.05) is 31.9 Å². The van der Waals surface area contributed by atoms with Gasteiger partial charge in [-0.15, -0.1) is 0 Å². The number of epoxide rings is 1. The molecule has 5 heteroatoms. The number of hydrogen-bond acceptors (Lipinski definition) is 5. The molecular formula is C23H31NO4. The molecule has 2 fully saturated rings. The van der Waals surface area contributed by atoms with E-state index in [2.05, 4.69) is 11.9 Å². The average Bonchev–Trinajstić information content (AvgIpc) is 3.31. The maximum Gasteiger partial charge on any atom is 0.306 e. The maximum atomic E-state index is 12.3. The summed E-state index contributed by atoms with van der Waals surface area (Å²) in [6.45, 7) is 2.11. The lowest BCUT2D eigenvalue weighted by atomic mass is 9.95. The second kappa shape index (κ2) is 9.97. The van der Waals surface area contributed by atoms with Gasteiger partial charge >= 0.3 is 5.97 Å². The fourth-order valence-corrected chi connectivity index (χ4v) is 3.85. The molecule has 0 radical (unpaired) electrons. The number of ether oxygens (including phenoxy) is 2. The van der Waals surface area contributed by atoms with Gasteiger partial charge in [-0.1, -0.05) is 25.3 Å². The summed E-state index contributed by atoms with van der Waals surface area (Å²) in [5.74, 6) is 0.000887. The van der Waals surface area contributed by atoms with Crippen molar-refractivity contribution in [2.24, 2.45) is 0 Å². The number of rotatable bonds is 2. The Balaban J connectivity index is 1.65. The van der Waals surface area contributed by atoms with Gasteiger partial charge in [0.25, 0.3) is 0 Å². The zero-order valence-electron chi connectivity index (χ0n) is 16.8. The van der Waals surface area contributed by atoms with Crippen LogP contribution in [0.3, 0.4) is 0 Å². The van der Waals surface area contributed by atoms with Gasteiger partial charge < -0.3 is 9.47 Å². The number of hydrogen-bond donors (Lipinski definition) is 0. The molecule has 0 saturated carbocycles. The summed E-state index contributed by atoms with van der Waals surface area (Å²) in [4.78, 5) is 28.5.